The number of para-hydroxylation sites is 1. The number of anilines is 1. The largest absolute Gasteiger partial charge is 0.394 e. The number of aromatic nitrogens is 2. The molecule has 122 valence electrons. The lowest BCUT2D eigenvalue weighted by Gasteiger charge is -2.22. The smallest absolute Gasteiger partial charge is 0.139 e. The molecule has 4 aromatic rings. The monoisotopic (exact) mass is 373 g/mol. The Kier molecular flexibility index (Phi) is 4.57. The van der Waals surface area contributed by atoms with E-state index in [1.54, 1.807) is 34.6 Å². The van der Waals surface area contributed by atoms with E-state index in [2.05, 4.69) is 50.0 Å². The van der Waals surface area contributed by atoms with Gasteiger partial charge in [-0.3, -0.25) is 0 Å². The highest BCUT2D eigenvalue weighted by molar-refractivity contribution is 8.02. The van der Waals surface area contributed by atoms with E-state index in [1.165, 1.54) is 4.21 Å². The normalized spacial score (nSPS) is 11.2. The van der Waals surface area contributed by atoms with Crippen LogP contribution in [0.25, 0.3) is 21.6 Å². The van der Waals surface area contributed by atoms with Gasteiger partial charge in [0.15, 0.2) is 0 Å². The summed E-state index contributed by atoms with van der Waals surface area (Å²) in [6, 6.07) is 12.5. The lowest BCUT2D eigenvalue weighted by molar-refractivity contribution is 0.308. The maximum atomic E-state index is 9.48. The van der Waals surface area contributed by atoms with Gasteiger partial charge < -0.3 is 14.4 Å². The number of nitrogens with zero attached hydrogens (tertiary/aromatic N) is 2. The van der Waals surface area contributed by atoms with Gasteiger partial charge in [0, 0.05) is 17.0 Å². The molecule has 3 heterocycles. The van der Waals surface area contributed by atoms with Crippen LogP contribution in [0.5, 0.6) is 0 Å². The highest BCUT2D eigenvalue weighted by Crippen LogP contribution is 2.37. The SMILES string of the molecule is OCCN(Sc1cccs1)c1cccc2cc(-c3nccs3)[nH]c12. The third-order valence-corrected chi connectivity index (χ3v) is 6.46. The average molecular weight is 374 g/mol. The van der Waals surface area contributed by atoms with E-state index in [9.17, 15) is 5.11 Å². The summed E-state index contributed by atoms with van der Waals surface area (Å²) < 4.78 is 3.34. The van der Waals surface area contributed by atoms with Gasteiger partial charge in [-0.05, 0) is 35.5 Å². The molecule has 0 saturated heterocycles. The van der Waals surface area contributed by atoms with Gasteiger partial charge in [0.05, 0.1) is 34.3 Å². The molecular weight excluding hydrogens is 358 g/mol. The Hall–Kier alpha value is -1.80. The molecule has 0 aliphatic carbocycles. The zero-order valence-corrected chi connectivity index (χ0v) is 15.1. The number of H-pyrrole nitrogens is 1. The van der Waals surface area contributed by atoms with Crippen LogP contribution >= 0.6 is 34.6 Å². The third-order valence-electron chi connectivity index (χ3n) is 3.56. The van der Waals surface area contributed by atoms with Crippen molar-refractivity contribution in [2.24, 2.45) is 0 Å². The molecule has 0 amide bonds. The van der Waals surface area contributed by atoms with Crippen molar-refractivity contribution in [1.82, 2.24) is 9.97 Å². The molecular formula is C17H15N3OS3. The van der Waals surface area contributed by atoms with Crippen LogP contribution in [0.4, 0.5) is 5.69 Å². The predicted molar refractivity (Wildman–Crippen MR) is 104 cm³/mol. The van der Waals surface area contributed by atoms with Crippen LogP contribution in [0.15, 0.2) is 57.6 Å². The molecule has 24 heavy (non-hydrogen) atoms. The van der Waals surface area contributed by atoms with E-state index in [1.807, 2.05) is 17.6 Å². The van der Waals surface area contributed by atoms with Crippen LogP contribution in [0.2, 0.25) is 0 Å². The third kappa shape index (κ3) is 3.08. The first-order chi connectivity index (χ1) is 11.8. The van der Waals surface area contributed by atoms with Gasteiger partial charge >= 0.3 is 0 Å². The summed E-state index contributed by atoms with van der Waals surface area (Å²) in [7, 11) is 0. The Labute approximate surface area is 151 Å². The second-order valence-electron chi connectivity index (χ2n) is 5.11. The predicted octanol–water partition coefficient (Wildman–Crippen LogP) is 4.86. The van der Waals surface area contributed by atoms with Gasteiger partial charge in [-0.2, -0.15) is 0 Å². The number of aromatic amines is 1. The van der Waals surface area contributed by atoms with Crippen LogP contribution in [-0.2, 0) is 0 Å². The summed E-state index contributed by atoms with van der Waals surface area (Å²) in [5, 5.41) is 15.7. The number of hydrogen-bond acceptors (Lipinski definition) is 6. The van der Waals surface area contributed by atoms with Crippen LogP contribution in [0.3, 0.4) is 0 Å². The first-order valence-electron chi connectivity index (χ1n) is 7.46. The lowest BCUT2D eigenvalue weighted by atomic mass is 10.2. The minimum atomic E-state index is 0.106. The number of thiophene rings is 1. The highest BCUT2D eigenvalue weighted by atomic mass is 32.2. The van der Waals surface area contributed by atoms with Crippen LogP contribution in [0.1, 0.15) is 0 Å². The fourth-order valence-corrected chi connectivity index (χ4v) is 5.00. The van der Waals surface area contributed by atoms with Crippen molar-refractivity contribution >= 4 is 51.2 Å². The molecule has 3 aromatic heterocycles. The van der Waals surface area contributed by atoms with Gasteiger partial charge in [0.2, 0.25) is 0 Å². The number of rotatable bonds is 6. The van der Waals surface area contributed by atoms with Gasteiger partial charge in [0.25, 0.3) is 0 Å². The van der Waals surface area contributed by atoms with Gasteiger partial charge in [-0.25, -0.2) is 4.98 Å². The van der Waals surface area contributed by atoms with Crippen molar-refractivity contribution in [3.8, 4) is 10.7 Å². The van der Waals surface area contributed by atoms with Crippen molar-refractivity contribution in [2.75, 3.05) is 17.5 Å². The van der Waals surface area contributed by atoms with Crippen molar-refractivity contribution in [1.29, 1.82) is 0 Å². The minimum Gasteiger partial charge on any atom is -0.394 e. The summed E-state index contributed by atoms with van der Waals surface area (Å²) in [6.07, 6.45) is 1.82. The standard InChI is InChI=1S/C17H15N3OS3/c21-8-7-20(24-15-5-2-9-22-15)14-4-1-3-12-11-13(19-16(12)14)17-18-6-10-23-17/h1-6,9-11,19,21H,7-8H2. The number of aliphatic hydroxyl groups excluding tert-OH is 1. The van der Waals surface area contributed by atoms with Crippen LogP contribution in [-0.4, -0.2) is 28.2 Å². The minimum absolute atomic E-state index is 0.106. The second-order valence-corrected chi connectivity index (χ2v) is 8.27. The maximum absolute atomic E-state index is 9.48. The topological polar surface area (TPSA) is 52.1 Å². The fraction of sp³-hybridized carbons (Fsp3) is 0.118. The summed E-state index contributed by atoms with van der Waals surface area (Å²) >= 11 is 4.98. The van der Waals surface area contributed by atoms with E-state index >= 15 is 0 Å². The summed E-state index contributed by atoms with van der Waals surface area (Å²) in [5.41, 5.74) is 3.17. The van der Waals surface area contributed by atoms with E-state index in [4.69, 9.17) is 0 Å². The Bertz CT molecular complexity index is 916. The average Bonchev–Trinajstić information content (AvgIpc) is 3.33. The second kappa shape index (κ2) is 6.98. The van der Waals surface area contributed by atoms with Crippen LogP contribution < -0.4 is 4.31 Å². The molecule has 4 nitrogen and oxygen atoms in total. The van der Waals surface area contributed by atoms with Gasteiger partial charge in [-0.15, -0.1) is 22.7 Å². The van der Waals surface area contributed by atoms with Crippen molar-refractivity contribution in [3.05, 3.63) is 53.4 Å². The van der Waals surface area contributed by atoms with Crippen molar-refractivity contribution in [3.63, 3.8) is 0 Å². The number of nitrogens with one attached hydrogen (secondary N) is 1. The van der Waals surface area contributed by atoms with Crippen molar-refractivity contribution < 1.29 is 5.11 Å². The van der Waals surface area contributed by atoms with E-state index in [-0.39, 0.29) is 6.61 Å². The lowest BCUT2D eigenvalue weighted by Crippen LogP contribution is -2.18. The quantitative estimate of drug-likeness (QED) is 0.474. The Morgan fingerprint density at radius 2 is 2.12 bits per heavy atom. The Morgan fingerprint density at radius 3 is 2.88 bits per heavy atom. The number of benzene rings is 1. The number of thiazole rings is 1. The molecule has 0 aliphatic rings. The maximum Gasteiger partial charge on any atom is 0.139 e. The zero-order valence-electron chi connectivity index (χ0n) is 12.7. The highest BCUT2D eigenvalue weighted by Gasteiger charge is 2.15. The van der Waals surface area contributed by atoms with E-state index in [0.29, 0.717) is 6.54 Å². The number of hydrogen-bond donors (Lipinski definition) is 2. The number of fused-ring (bicyclic) bond motifs is 1. The molecule has 0 unspecified atom stereocenters. The van der Waals surface area contributed by atoms with E-state index < -0.39 is 0 Å². The summed E-state index contributed by atoms with van der Waals surface area (Å²) in [5.74, 6) is 0. The van der Waals surface area contributed by atoms with Gasteiger partial charge in [-0.1, -0.05) is 18.2 Å². The molecule has 4 rings (SSSR count). The van der Waals surface area contributed by atoms with Gasteiger partial charge in [0.1, 0.15) is 5.01 Å². The molecule has 0 spiro atoms. The Balaban J connectivity index is 1.76. The molecule has 0 atom stereocenters. The molecule has 1 aromatic carbocycles. The molecule has 2 N–H and O–H groups in total. The summed E-state index contributed by atoms with van der Waals surface area (Å²) in [6.45, 7) is 0.669. The molecule has 0 bridgehead atoms. The molecule has 0 saturated carbocycles. The zero-order chi connectivity index (χ0) is 16.4. The number of aliphatic hydroxyl groups is 1. The molecule has 7 heteroatoms. The first kappa shape index (κ1) is 15.7. The first-order valence-corrected chi connectivity index (χ1v) is 10.00. The molecule has 0 fully saturated rings. The fourth-order valence-electron chi connectivity index (χ4n) is 2.55. The molecule has 0 aliphatic heterocycles. The summed E-state index contributed by atoms with van der Waals surface area (Å²) in [4.78, 5) is 7.88. The molecule has 0 radical (unpaired) electrons. The Morgan fingerprint density at radius 1 is 1.17 bits per heavy atom. The van der Waals surface area contributed by atoms with E-state index in [0.717, 1.165) is 27.3 Å². The van der Waals surface area contributed by atoms with Crippen molar-refractivity contribution in [2.45, 2.75) is 4.21 Å². The van der Waals surface area contributed by atoms with Crippen LogP contribution in [0, 0.1) is 0 Å².